The van der Waals surface area contributed by atoms with E-state index in [0.717, 1.165) is 21.4 Å². The Bertz CT molecular complexity index is 989. The van der Waals surface area contributed by atoms with Gasteiger partial charge < -0.3 is 0 Å². The molecule has 114 valence electrons. The van der Waals surface area contributed by atoms with Gasteiger partial charge in [-0.15, -0.1) is 10.2 Å². The van der Waals surface area contributed by atoms with Crippen molar-refractivity contribution in [1.82, 2.24) is 19.8 Å². The van der Waals surface area contributed by atoms with Crippen LogP contribution in [0.4, 0.5) is 0 Å². The Balaban J connectivity index is 1.74. The fourth-order valence-electron chi connectivity index (χ4n) is 2.48. The van der Waals surface area contributed by atoms with E-state index in [4.69, 9.17) is 11.6 Å². The van der Waals surface area contributed by atoms with Crippen LogP contribution in [0.3, 0.4) is 0 Å². The number of nitrogens with zero attached hydrogens (tertiary/aromatic N) is 4. The van der Waals surface area contributed by atoms with E-state index in [1.807, 2.05) is 40.9 Å². The fourth-order valence-corrected chi connectivity index (χ4v) is 3.53. The lowest BCUT2D eigenvalue weighted by atomic mass is 10.1. The molecule has 0 radical (unpaired) electrons. The number of benzene rings is 2. The van der Waals surface area contributed by atoms with E-state index in [1.54, 1.807) is 0 Å². The maximum Gasteiger partial charge on any atom is 0.234 e. The highest BCUT2D eigenvalue weighted by atomic mass is 35.5. The van der Waals surface area contributed by atoms with Gasteiger partial charge in [-0.25, -0.2) is 0 Å². The van der Waals surface area contributed by atoms with Crippen LogP contribution in [-0.4, -0.2) is 19.8 Å². The third-order valence-electron chi connectivity index (χ3n) is 3.74. The van der Waals surface area contributed by atoms with Gasteiger partial charge in [-0.05, 0) is 30.2 Å². The first-order chi connectivity index (χ1) is 11.2. The smallest absolute Gasteiger partial charge is 0.187 e. The van der Waals surface area contributed by atoms with Gasteiger partial charge >= 0.3 is 0 Å². The molecule has 2 heterocycles. The molecule has 4 nitrogen and oxygen atoms in total. The number of rotatable bonds is 3. The third-order valence-corrected chi connectivity index (χ3v) is 4.92. The van der Waals surface area contributed by atoms with Crippen molar-refractivity contribution in [2.45, 2.75) is 13.3 Å². The van der Waals surface area contributed by atoms with Crippen LogP contribution in [0.2, 0.25) is 5.02 Å². The lowest BCUT2D eigenvalue weighted by molar-refractivity contribution is 0.851. The molecule has 4 rings (SSSR count). The van der Waals surface area contributed by atoms with Crippen LogP contribution in [0, 0.1) is 6.92 Å². The molecule has 0 aliphatic rings. The van der Waals surface area contributed by atoms with Crippen molar-refractivity contribution in [3.05, 3.63) is 70.5 Å². The number of hydrogen-bond acceptors (Lipinski definition) is 4. The summed E-state index contributed by atoms with van der Waals surface area (Å²) >= 11 is 7.58. The molecule has 0 aliphatic carbocycles. The second kappa shape index (κ2) is 5.76. The monoisotopic (exact) mass is 340 g/mol. The number of aromatic nitrogens is 4. The van der Waals surface area contributed by atoms with Crippen LogP contribution in [-0.2, 0) is 6.42 Å². The minimum atomic E-state index is 0.702. The second-order valence-corrected chi connectivity index (χ2v) is 6.72. The van der Waals surface area contributed by atoms with Crippen molar-refractivity contribution in [3.8, 4) is 10.6 Å². The molecule has 4 aromatic rings. The minimum Gasteiger partial charge on any atom is -0.187 e. The van der Waals surface area contributed by atoms with E-state index in [0.29, 0.717) is 11.4 Å². The summed E-state index contributed by atoms with van der Waals surface area (Å²) in [5.41, 5.74) is 3.48. The van der Waals surface area contributed by atoms with E-state index in [9.17, 15) is 0 Å². The topological polar surface area (TPSA) is 43.1 Å². The maximum atomic E-state index is 6.07. The molecule has 6 heteroatoms. The molecule has 0 amide bonds. The van der Waals surface area contributed by atoms with Gasteiger partial charge in [0.25, 0.3) is 0 Å². The van der Waals surface area contributed by atoms with Gasteiger partial charge in [0, 0.05) is 17.0 Å². The summed E-state index contributed by atoms with van der Waals surface area (Å²) < 4.78 is 1.83. The highest BCUT2D eigenvalue weighted by Crippen LogP contribution is 2.27. The molecular weight excluding hydrogens is 328 g/mol. The Labute approximate surface area is 142 Å². The SMILES string of the molecule is Cc1ccccc1Cc1nnc2sc(-c3cccc(Cl)c3)nn12. The van der Waals surface area contributed by atoms with Crippen LogP contribution in [0.5, 0.6) is 0 Å². The Morgan fingerprint density at radius 2 is 1.96 bits per heavy atom. The van der Waals surface area contributed by atoms with Crippen LogP contribution in [0.15, 0.2) is 48.5 Å². The third kappa shape index (κ3) is 2.73. The number of halogens is 1. The number of hydrogen-bond donors (Lipinski definition) is 0. The minimum absolute atomic E-state index is 0.702. The second-order valence-electron chi connectivity index (χ2n) is 5.33. The molecule has 0 atom stereocenters. The van der Waals surface area contributed by atoms with E-state index < -0.39 is 0 Å². The Hall–Kier alpha value is -2.24. The quantitative estimate of drug-likeness (QED) is 0.555. The zero-order valence-corrected chi connectivity index (χ0v) is 14.0. The molecule has 0 bridgehead atoms. The highest BCUT2D eigenvalue weighted by Gasteiger charge is 2.14. The van der Waals surface area contributed by atoms with Crippen molar-refractivity contribution < 1.29 is 0 Å². The summed E-state index contributed by atoms with van der Waals surface area (Å²) in [5, 5.41) is 14.8. The fraction of sp³-hybridized carbons (Fsp3) is 0.118. The number of fused-ring (bicyclic) bond motifs is 1. The summed E-state index contributed by atoms with van der Waals surface area (Å²) in [6.07, 6.45) is 0.715. The molecule has 2 aromatic carbocycles. The zero-order valence-electron chi connectivity index (χ0n) is 12.4. The van der Waals surface area contributed by atoms with Crippen molar-refractivity contribution >= 4 is 27.9 Å². The maximum absolute atomic E-state index is 6.07. The van der Waals surface area contributed by atoms with Gasteiger partial charge in [-0.1, -0.05) is 59.3 Å². The van der Waals surface area contributed by atoms with Crippen LogP contribution >= 0.6 is 22.9 Å². The molecule has 2 aromatic heterocycles. The normalized spacial score (nSPS) is 11.2. The average molecular weight is 341 g/mol. The Morgan fingerprint density at radius 3 is 2.78 bits per heavy atom. The first-order valence-corrected chi connectivity index (χ1v) is 8.42. The van der Waals surface area contributed by atoms with Crippen molar-refractivity contribution in [2.24, 2.45) is 0 Å². The zero-order chi connectivity index (χ0) is 15.8. The van der Waals surface area contributed by atoms with Crippen LogP contribution in [0.25, 0.3) is 15.5 Å². The summed E-state index contributed by atoms with van der Waals surface area (Å²) in [5.74, 6) is 0.846. The molecule has 0 N–H and O–H groups in total. The van der Waals surface area contributed by atoms with Crippen LogP contribution in [0.1, 0.15) is 17.0 Å². The van der Waals surface area contributed by atoms with Gasteiger partial charge in [0.05, 0.1) is 0 Å². The summed E-state index contributed by atoms with van der Waals surface area (Å²) in [6, 6.07) is 16.0. The predicted octanol–water partition coefficient (Wildman–Crippen LogP) is 4.41. The lowest BCUT2D eigenvalue weighted by Crippen LogP contribution is -1.99. The predicted molar refractivity (Wildman–Crippen MR) is 93.1 cm³/mol. The lowest BCUT2D eigenvalue weighted by Gasteiger charge is -2.02. The first-order valence-electron chi connectivity index (χ1n) is 7.22. The van der Waals surface area contributed by atoms with Crippen molar-refractivity contribution in [2.75, 3.05) is 0 Å². The standard InChI is InChI=1S/C17H13ClN4S/c1-11-5-2-3-6-12(11)10-15-19-20-17-22(15)21-16(23-17)13-7-4-8-14(18)9-13/h2-9H,10H2,1H3. The molecule has 0 saturated carbocycles. The van der Waals surface area contributed by atoms with E-state index in [2.05, 4.69) is 34.4 Å². The van der Waals surface area contributed by atoms with Crippen LogP contribution < -0.4 is 0 Å². The summed E-state index contributed by atoms with van der Waals surface area (Å²) in [6.45, 7) is 2.10. The molecule has 23 heavy (non-hydrogen) atoms. The molecule has 0 fully saturated rings. The van der Waals surface area contributed by atoms with Gasteiger partial charge in [-0.2, -0.15) is 9.61 Å². The molecular formula is C17H13ClN4S. The first kappa shape index (κ1) is 14.4. The van der Waals surface area contributed by atoms with E-state index >= 15 is 0 Å². The van der Waals surface area contributed by atoms with Crippen molar-refractivity contribution in [3.63, 3.8) is 0 Å². The summed E-state index contributed by atoms with van der Waals surface area (Å²) in [7, 11) is 0. The van der Waals surface area contributed by atoms with Gasteiger partial charge in [0.1, 0.15) is 5.01 Å². The van der Waals surface area contributed by atoms with E-state index in [-0.39, 0.29) is 0 Å². The average Bonchev–Trinajstić information content (AvgIpc) is 3.11. The Morgan fingerprint density at radius 1 is 1.09 bits per heavy atom. The Kier molecular flexibility index (Phi) is 3.59. The summed E-state index contributed by atoms with van der Waals surface area (Å²) in [4.78, 5) is 0.795. The molecule has 0 spiro atoms. The number of aryl methyl sites for hydroxylation is 1. The molecule has 0 saturated heterocycles. The molecule has 0 unspecified atom stereocenters. The largest absolute Gasteiger partial charge is 0.234 e. The van der Waals surface area contributed by atoms with Gasteiger partial charge in [-0.3, -0.25) is 0 Å². The van der Waals surface area contributed by atoms with Gasteiger partial charge in [0.15, 0.2) is 5.82 Å². The molecule has 0 aliphatic heterocycles. The van der Waals surface area contributed by atoms with Crippen molar-refractivity contribution in [1.29, 1.82) is 0 Å². The van der Waals surface area contributed by atoms with Gasteiger partial charge in [0.2, 0.25) is 4.96 Å². The van der Waals surface area contributed by atoms with E-state index in [1.165, 1.54) is 22.5 Å². The highest BCUT2D eigenvalue weighted by molar-refractivity contribution is 7.19.